The normalized spacial score (nSPS) is 21.2. The van der Waals surface area contributed by atoms with Gasteiger partial charge in [0.1, 0.15) is 6.33 Å². The van der Waals surface area contributed by atoms with Crippen LogP contribution in [0.4, 0.5) is 0 Å². The van der Waals surface area contributed by atoms with Crippen LogP contribution >= 0.6 is 0 Å². The fourth-order valence-electron chi connectivity index (χ4n) is 3.54. The molecule has 2 aliphatic rings. The molecular weight excluding hydrogens is 316 g/mol. The molecule has 2 fully saturated rings. The Balaban J connectivity index is 1.37. The molecular formula is C18H24N6O. The number of hydrogen-bond acceptors (Lipinski definition) is 5. The predicted molar refractivity (Wildman–Crippen MR) is 92.4 cm³/mol. The summed E-state index contributed by atoms with van der Waals surface area (Å²) in [6.07, 6.45) is 10.9. The molecule has 1 atom stereocenters. The Bertz CT molecular complexity index is 711. The van der Waals surface area contributed by atoms with E-state index >= 15 is 0 Å². The number of amides is 1. The lowest BCUT2D eigenvalue weighted by molar-refractivity contribution is -0.128. The van der Waals surface area contributed by atoms with Gasteiger partial charge >= 0.3 is 0 Å². The third kappa shape index (κ3) is 3.87. The van der Waals surface area contributed by atoms with E-state index in [2.05, 4.69) is 36.0 Å². The Morgan fingerprint density at radius 3 is 3.00 bits per heavy atom. The molecule has 0 radical (unpaired) electrons. The molecule has 1 N–H and O–H groups in total. The molecule has 4 rings (SSSR count). The topological polar surface area (TPSA) is 75.9 Å². The predicted octanol–water partition coefficient (Wildman–Crippen LogP) is 1.68. The van der Waals surface area contributed by atoms with Gasteiger partial charge in [0.15, 0.2) is 5.82 Å². The van der Waals surface area contributed by atoms with Crippen molar-refractivity contribution in [2.24, 2.45) is 0 Å². The van der Waals surface area contributed by atoms with Gasteiger partial charge in [0.05, 0.1) is 12.6 Å². The fourth-order valence-corrected chi connectivity index (χ4v) is 3.54. The summed E-state index contributed by atoms with van der Waals surface area (Å²) < 4.78 is 2.09. The molecule has 1 saturated heterocycles. The summed E-state index contributed by atoms with van der Waals surface area (Å²) in [5, 5.41) is 11.2. The van der Waals surface area contributed by atoms with E-state index < -0.39 is 0 Å². The van der Waals surface area contributed by atoms with Gasteiger partial charge < -0.3 is 9.88 Å². The van der Waals surface area contributed by atoms with Gasteiger partial charge in [0.2, 0.25) is 5.91 Å². The molecule has 0 spiro atoms. The van der Waals surface area contributed by atoms with Crippen LogP contribution in [0, 0.1) is 0 Å². The quantitative estimate of drug-likeness (QED) is 0.866. The van der Waals surface area contributed by atoms with Gasteiger partial charge in [-0.2, -0.15) is 0 Å². The minimum atomic E-state index is -0.0775. The Labute approximate surface area is 147 Å². The van der Waals surface area contributed by atoms with Crippen LogP contribution in [0.2, 0.25) is 0 Å². The van der Waals surface area contributed by atoms with Gasteiger partial charge in [-0.05, 0) is 43.9 Å². The van der Waals surface area contributed by atoms with Crippen molar-refractivity contribution >= 4 is 5.91 Å². The standard InChI is InChI=1S/C18H24N6O/c25-18(20-11-17-22-21-13-24(17)15-6-7-15)16-5-1-2-9-23(16)12-14-4-3-8-19-10-14/h3-4,8,10,13,15-16H,1-2,5-7,9,11-12H2,(H,20,25)/t16-/m0/s1. The number of rotatable bonds is 6. The van der Waals surface area contributed by atoms with Crippen molar-refractivity contribution in [1.82, 2.24) is 30.0 Å². The van der Waals surface area contributed by atoms with E-state index in [4.69, 9.17) is 0 Å². The molecule has 25 heavy (non-hydrogen) atoms. The molecule has 1 amide bonds. The van der Waals surface area contributed by atoms with Gasteiger partial charge in [0.25, 0.3) is 0 Å². The minimum Gasteiger partial charge on any atom is -0.347 e. The number of aromatic nitrogens is 4. The Hall–Kier alpha value is -2.28. The number of nitrogens with zero attached hydrogens (tertiary/aromatic N) is 5. The third-order valence-electron chi connectivity index (χ3n) is 5.03. The number of carbonyl (C=O) groups excluding carboxylic acids is 1. The molecule has 7 nitrogen and oxygen atoms in total. The van der Waals surface area contributed by atoms with Crippen LogP contribution < -0.4 is 5.32 Å². The van der Waals surface area contributed by atoms with Crippen molar-refractivity contribution in [2.75, 3.05) is 6.54 Å². The number of pyridine rings is 1. The summed E-state index contributed by atoms with van der Waals surface area (Å²) in [5.41, 5.74) is 1.15. The maximum absolute atomic E-state index is 12.8. The van der Waals surface area contributed by atoms with Gasteiger partial charge in [-0.1, -0.05) is 12.5 Å². The average molecular weight is 340 g/mol. The molecule has 132 valence electrons. The van der Waals surface area contributed by atoms with Crippen LogP contribution in [0.25, 0.3) is 0 Å². The highest BCUT2D eigenvalue weighted by atomic mass is 16.2. The van der Waals surface area contributed by atoms with E-state index in [-0.39, 0.29) is 11.9 Å². The van der Waals surface area contributed by atoms with E-state index in [0.717, 1.165) is 43.7 Å². The zero-order valence-electron chi connectivity index (χ0n) is 14.3. The van der Waals surface area contributed by atoms with Crippen LogP contribution in [0.1, 0.15) is 49.5 Å². The van der Waals surface area contributed by atoms with Gasteiger partial charge in [0, 0.05) is 25.0 Å². The smallest absolute Gasteiger partial charge is 0.237 e. The summed E-state index contributed by atoms with van der Waals surface area (Å²) >= 11 is 0. The lowest BCUT2D eigenvalue weighted by atomic mass is 10.0. The summed E-state index contributed by atoms with van der Waals surface area (Å²) in [7, 11) is 0. The summed E-state index contributed by atoms with van der Waals surface area (Å²) in [6, 6.07) is 4.46. The van der Waals surface area contributed by atoms with Crippen LogP contribution in [0.15, 0.2) is 30.9 Å². The number of carbonyl (C=O) groups is 1. The average Bonchev–Trinajstić information content (AvgIpc) is 3.39. The minimum absolute atomic E-state index is 0.0775. The second-order valence-corrected chi connectivity index (χ2v) is 6.95. The highest BCUT2D eigenvalue weighted by Gasteiger charge is 2.30. The summed E-state index contributed by atoms with van der Waals surface area (Å²) in [5.74, 6) is 0.944. The SMILES string of the molecule is O=C(NCc1nncn1C1CC1)[C@@H]1CCCCN1Cc1cccnc1. The maximum Gasteiger partial charge on any atom is 0.237 e. The van der Waals surface area contributed by atoms with Crippen molar-refractivity contribution in [3.05, 3.63) is 42.2 Å². The molecule has 2 aromatic rings. The maximum atomic E-state index is 12.8. The van der Waals surface area contributed by atoms with Crippen molar-refractivity contribution < 1.29 is 4.79 Å². The molecule has 1 aliphatic heterocycles. The first-order chi connectivity index (χ1) is 12.3. The Morgan fingerprint density at radius 1 is 1.28 bits per heavy atom. The lowest BCUT2D eigenvalue weighted by Gasteiger charge is -2.34. The first-order valence-electron chi connectivity index (χ1n) is 9.10. The number of hydrogen-bond donors (Lipinski definition) is 1. The molecule has 0 aromatic carbocycles. The molecule has 0 unspecified atom stereocenters. The molecule has 3 heterocycles. The van der Waals surface area contributed by atoms with Crippen LogP contribution in [-0.2, 0) is 17.9 Å². The van der Waals surface area contributed by atoms with Crippen molar-refractivity contribution in [2.45, 2.75) is 57.3 Å². The Kier molecular flexibility index (Phi) is 4.74. The lowest BCUT2D eigenvalue weighted by Crippen LogP contribution is -2.49. The molecule has 2 aromatic heterocycles. The number of likely N-dealkylation sites (tertiary alicyclic amines) is 1. The van der Waals surface area contributed by atoms with E-state index in [0.29, 0.717) is 12.6 Å². The largest absolute Gasteiger partial charge is 0.347 e. The van der Waals surface area contributed by atoms with E-state index in [9.17, 15) is 4.79 Å². The van der Waals surface area contributed by atoms with Crippen LogP contribution in [-0.4, -0.2) is 43.1 Å². The molecule has 0 bridgehead atoms. The molecule has 7 heteroatoms. The fraction of sp³-hybridized carbons (Fsp3) is 0.556. The van der Waals surface area contributed by atoms with E-state index in [1.54, 1.807) is 12.5 Å². The van der Waals surface area contributed by atoms with Crippen molar-refractivity contribution in [1.29, 1.82) is 0 Å². The van der Waals surface area contributed by atoms with Gasteiger partial charge in [-0.25, -0.2) is 0 Å². The first-order valence-corrected chi connectivity index (χ1v) is 9.10. The van der Waals surface area contributed by atoms with Gasteiger partial charge in [-0.15, -0.1) is 10.2 Å². The van der Waals surface area contributed by atoms with Crippen molar-refractivity contribution in [3.8, 4) is 0 Å². The Morgan fingerprint density at radius 2 is 2.20 bits per heavy atom. The molecule has 1 saturated carbocycles. The summed E-state index contributed by atoms with van der Waals surface area (Å²) in [6.45, 7) is 2.17. The highest BCUT2D eigenvalue weighted by molar-refractivity contribution is 5.81. The van der Waals surface area contributed by atoms with Crippen molar-refractivity contribution in [3.63, 3.8) is 0 Å². The monoisotopic (exact) mass is 340 g/mol. The first kappa shape index (κ1) is 16.2. The number of nitrogens with one attached hydrogen (secondary N) is 1. The van der Waals surface area contributed by atoms with E-state index in [1.807, 2.05) is 12.3 Å². The second kappa shape index (κ2) is 7.31. The third-order valence-corrected chi connectivity index (χ3v) is 5.03. The zero-order valence-corrected chi connectivity index (χ0v) is 14.3. The van der Waals surface area contributed by atoms with Crippen LogP contribution in [0.5, 0.6) is 0 Å². The van der Waals surface area contributed by atoms with E-state index in [1.165, 1.54) is 12.8 Å². The van der Waals surface area contributed by atoms with Crippen LogP contribution in [0.3, 0.4) is 0 Å². The highest BCUT2D eigenvalue weighted by Crippen LogP contribution is 2.35. The molecule has 1 aliphatic carbocycles. The van der Waals surface area contributed by atoms with Gasteiger partial charge in [-0.3, -0.25) is 14.7 Å². The second-order valence-electron chi connectivity index (χ2n) is 6.95. The zero-order chi connectivity index (χ0) is 17.1. The summed E-state index contributed by atoms with van der Waals surface area (Å²) in [4.78, 5) is 19.2. The number of piperidine rings is 1.